The van der Waals surface area contributed by atoms with E-state index < -0.39 is 0 Å². The van der Waals surface area contributed by atoms with Gasteiger partial charge in [0.1, 0.15) is 0 Å². The van der Waals surface area contributed by atoms with Gasteiger partial charge in [-0.25, -0.2) is 0 Å². The molecule has 0 N–H and O–H groups in total. The maximum absolute atomic E-state index is 2.42. The minimum absolute atomic E-state index is 0. The lowest BCUT2D eigenvalue weighted by Gasteiger charge is -1.90. The average Bonchev–Trinajstić information content (AvgIpc) is 1.65. The van der Waals surface area contributed by atoms with E-state index in [2.05, 4.69) is 19.6 Å². The average molecular weight is 228 g/mol. The Hall–Kier alpha value is 1.26. The van der Waals surface area contributed by atoms with Gasteiger partial charge in [0.2, 0.25) is 0 Å². The van der Waals surface area contributed by atoms with Crippen molar-refractivity contribution in [3.63, 3.8) is 0 Å². The molecule has 0 unspecified atom stereocenters. The van der Waals surface area contributed by atoms with Crippen molar-refractivity contribution in [2.75, 3.05) is 0 Å². The highest BCUT2D eigenvalue weighted by Crippen LogP contribution is 1.93. The number of hydrogen-bond acceptors (Lipinski definition) is 0. The van der Waals surface area contributed by atoms with Crippen LogP contribution in [0.2, 0.25) is 16.4 Å². The van der Waals surface area contributed by atoms with Crippen LogP contribution in [0.25, 0.3) is 0 Å². The van der Waals surface area contributed by atoms with Crippen molar-refractivity contribution in [3.05, 3.63) is 0 Å². The van der Waals surface area contributed by atoms with Gasteiger partial charge in [-0.15, -0.1) is 29.8 Å². The molecule has 7 heavy (non-hydrogen) atoms. The molecule has 0 fully saturated rings. The number of rotatable bonds is 2. The topological polar surface area (TPSA) is 0 Å². The van der Waals surface area contributed by atoms with Gasteiger partial charge in [-0.05, 0) is 0 Å². The van der Waals surface area contributed by atoms with E-state index in [1.807, 2.05) is 0 Å². The van der Waals surface area contributed by atoms with Crippen molar-refractivity contribution >= 4 is 38.1 Å². The third kappa shape index (κ3) is 7.26. The first-order chi connectivity index (χ1) is 2.81. The molecule has 0 amide bonds. The zero-order valence-corrected chi connectivity index (χ0v) is 8.88. The number of hydrogen-bond donors (Lipinski definition) is 0. The highest BCUT2D eigenvalue weighted by Gasteiger charge is 1.99. The highest BCUT2D eigenvalue weighted by molar-refractivity contribution is 14.0. The quantitative estimate of drug-likeness (QED) is 0.503. The predicted molar refractivity (Wildman–Crippen MR) is 48.0 cm³/mol. The Bertz CT molecular complexity index is 27.3. The van der Waals surface area contributed by atoms with Gasteiger partial charge in [-0.2, -0.15) is 0 Å². The Balaban J connectivity index is 0. The van der Waals surface area contributed by atoms with Gasteiger partial charge in [0.25, 0.3) is 14.1 Å². The summed E-state index contributed by atoms with van der Waals surface area (Å²) in [6, 6.07) is 0. The molecule has 44 valence electrons. The largest absolute Gasteiger partial charge is 0.257 e. The lowest BCUT2D eigenvalue weighted by molar-refractivity contribution is 1.31. The van der Waals surface area contributed by atoms with Gasteiger partial charge in [-0.1, -0.05) is 24.4 Å². The zero-order valence-electron chi connectivity index (χ0n) is 5.40. The second-order valence-corrected chi connectivity index (χ2v) is 5.77. The fraction of sp³-hybridized carbons (Fsp3) is 1.00. The Morgan fingerprint density at radius 3 is 1.43 bits per heavy atom. The molecule has 0 saturated heterocycles. The van der Waals surface area contributed by atoms with Crippen LogP contribution in [-0.2, 0) is 0 Å². The van der Waals surface area contributed by atoms with Crippen LogP contribution in [0.3, 0.4) is 0 Å². The molecule has 0 radical (unpaired) electrons. The van der Waals surface area contributed by atoms with Crippen LogP contribution in [0.4, 0.5) is 0 Å². The summed E-state index contributed by atoms with van der Waals surface area (Å²) < 4.78 is 0. The fourth-order valence-electron chi connectivity index (χ4n) is 0.289. The van der Waals surface area contributed by atoms with Crippen molar-refractivity contribution in [1.29, 1.82) is 0 Å². The Morgan fingerprint density at radius 1 is 1.14 bits per heavy atom. The van der Waals surface area contributed by atoms with Crippen LogP contribution in [0, 0.1) is 0 Å². The van der Waals surface area contributed by atoms with E-state index in [-0.39, 0.29) is 38.1 Å². The minimum Gasteiger partial charge on any atom is -0.107 e. The van der Waals surface area contributed by atoms with Gasteiger partial charge >= 0.3 is 0 Å². The zero-order chi connectivity index (χ0) is 4.99. The van der Waals surface area contributed by atoms with Gasteiger partial charge in [0.05, 0.1) is 0 Å². The normalized spacial score (nSPS) is 7.29. The summed E-state index contributed by atoms with van der Waals surface area (Å²) in [5, 5.41) is 2.94. The standard InChI is InChI=1S/2C2H5.CH3.Al.HI/c2*1-2;;;/h2*1H2,2H3;1H3;;1H. The third-order valence-electron chi connectivity index (χ3n) is 1.39. The van der Waals surface area contributed by atoms with E-state index in [9.17, 15) is 0 Å². The molecular formula is C5H14AlI. The monoisotopic (exact) mass is 228 g/mol. The summed E-state index contributed by atoms with van der Waals surface area (Å²) in [4.78, 5) is 0. The van der Waals surface area contributed by atoms with Gasteiger partial charge < -0.3 is 0 Å². The molecule has 0 nitrogen and oxygen atoms in total. The molecule has 0 aromatic rings. The molecule has 2 heteroatoms. The van der Waals surface area contributed by atoms with E-state index in [0.29, 0.717) is 0 Å². The van der Waals surface area contributed by atoms with Gasteiger partial charge in [-0.3, -0.25) is 0 Å². The summed E-state index contributed by atoms with van der Waals surface area (Å²) >= 11 is -0.160. The molecule has 0 rings (SSSR count). The highest BCUT2D eigenvalue weighted by atomic mass is 127. The molecule has 0 aliphatic heterocycles. The maximum atomic E-state index is 2.42. The summed E-state index contributed by atoms with van der Waals surface area (Å²) in [6.45, 7) is 4.58. The van der Waals surface area contributed by atoms with Crippen molar-refractivity contribution in [2.24, 2.45) is 0 Å². The van der Waals surface area contributed by atoms with Crippen LogP contribution in [0.15, 0.2) is 0 Å². The second-order valence-electron chi connectivity index (χ2n) is 1.92. The van der Waals surface area contributed by atoms with Gasteiger partial charge in [0.15, 0.2) is 0 Å². The van der Waals surface area contributed by atoms with E-state index >= 15 is 0 Å². The Labute approximate surface area is 68.1 Å². The molecule has 0 aromatic heterocycles. The molecule has 0 spiro atoms. The summed E-state index contributed by atoms with van der Waals surface area (Å²) in [6.07, 6.45) is 0. The van der Waals surface area contributed by atoms with E-state index in [1.165, 1.54) is 10.6 Å². The molecule has 0 aliphatic rings. The number of halogens is 1. The fourth-order valence-corrected chi connectivity index (χ4v) is 0.866. The molecule has 0 aromatic carbocycles. The first-order valence-corrected chi connectivity index (χ1v) is 5.60. The molecule has 0 bridgehead atoms. The Kier molecular flexibility index (Phi) is 11.5. The van der Waals surface area contributed by atoms with Crippen LogP contribution < -0.4 is 0 Å². The summed E-state index contributed by atoms with van der Waals surface area (Å²) in [5.41, 5.74) is 0. The van der Waals surface area contributed by atoms with Crippen molar-refractivity contribution < 1.29 is 0 Å². The lowest BCUT2D eigenvalue weighted by Crippen LogP contribution is -1.99. The SMILES string of the molecule is C[CH2][Al]([CH3])[CH2]C.I. The maximum Gasteiger partial charge on any atom is 0.257 e. The van der Waals surface area contributed by atoms with Crippen LogP contribution in [0.1, 0.15) is 13.8 Å². The first-order valence-electron chi connectivity index (χ1n) is 2.81. The Morgan fingerprint density at radius 2 is 1.43 bits per heavy atom. The second kappa shape index (κ2) is 7.26. The smallest absolute Gasteiger partial charge is 0.107 e. The first kappa shape index (κ1) is 11.1. The van der Waals surface area contributed by atoms with Crippen LogP contribution >= 0.6 is 24.0 Å². The lowest BCUT2D eigenvalue weighted by atomic mass is 10.9. The van der Waals surface area contributed by atoms with Crippen molar-refractivity contribution in [3.8, 4) is 0 Å². The molecular weight excluding hydrogens is 214 g/mol. The van der Waals surface area contributed by atoms with E-state index in [1.54, 1.807) is 0 Å². The van der Waals surface area contributed by atoms with Crippen LogP contribution in [0.5, 0.6) is 0 Å². The predicted octanol–water partition coefficient (Wildman–Crippen LogP) is 2.77. The molecule has 0 atom stereocenters. The van der Waals surface area contributed by atoms with E-state index in [0.717, 1.165) is 0 Å². The third-order valence-corrected chi connectivity index (χ3v) is 4.18. The van der Waals surface area contributed by atoms with E-state index in [4.69, 9.17) is 0 Å². The van der Waals surface area contributed by atoms with Crippen molar-refractivity contribution in [2.45, 2.75) is 30.2 Å². The molecule has 0 heterocycles. The van der Waals surface area contributed by atoms with Crippen LogP contribution in [-0.4, -0.2) is 14.1 Å². The minimum atomic E-state index is -0.160. The van der Waals surface area contributed by atoms with Gasteiger partial charge in [0, 0.05) is 0 Å². The summed E-state index contributed by atoms with van der Waals surface area (Å²) in [5.74, 6) is 2.42. The van der Waals surface area contributed by atoms with Crippen molar-refractivity contribution in [1.82, 2.24) is 0 Å². The molecule has 0 aliphatic carbocycles. The molecule has 0 saturated carbocycles. The summed E-state index contributed by atoms with van der Waals surface area (Å²) in [7, 11) is 0.